The van der Waals surface area contributed by atoms with Gasteiger partial charge in [-0.3, -0.25) is 4.79 Å². The number of Topliss-reactive ketones (excluding diaryl/α,β-unsaturated/α-hetero) is 1. The van der Waals surface area contributed by atoms with Crippen LogP contribution in [0.3, 0.4) is 0 Å². The topological polar surface area (TPSA) is 37.3 Å². The quantitative estimate of drug-likeness (QED) is 0.558. The molecule has 1 atom stereocenters. The van der Waals surface area contributed by atoms with E-state index < -0.39 is 0 Å². The molecule has 0 spiro atoms. The summed E-state index contributed by atoms with van der Waals surface area (Å²) in [7, 11) is 0. The summed E-state index contributed by atoms with van der Waals surface area (Å²) in [6, 6.07) is 0. The van der Waals surface area contributed by atoms with Crippen LogP contribution in [-0.4, -0.2) is 10.9 Å². The second kappa shape index (κ2) is 3.99. The average molecular weight is 208 g/mol. The summed E-state index contributed by atoms with van der Waals surface area (Å²) in [5.41, 5.74) is 0.752. The second-order valence-corrected chi connectivity index (χ2v) is 5.31. The standard InChI is InChI=1S/C13H20O2/c1-8(2)10-5-6-12(14)11(7-10)13(15)9-3-4-9/h8-10,15H,3-7H2,1-2H3. The van der Waals surface area contributed by atoms with E-state index in [4.69, 9.17) is 0 Å². The van der Waals surface area contributed by atoms with Crippen LogP contribution in [0.4, 0.5) is 0 Å². The van der Waals surface area contributed by atoms with Crippen molar-refractivity contribution in [3.8, 4) is 0 Å². The lowest BCUT2D eigenvalue weighted by atomic mass is 9.78. The van der Waals surface area contributed by atoms with Gasteiger partial charge in [-0.25, -0.2) is 0 Å². The highest BCUT2D eigenvalue weighted by Crippen LogP contribution is 2.40. The van der Waals surface area contributed by atoms with E-state index in [0.29, 0.717) is 29.9 Å². The molecule has 84 valence electrons. The van der Waals surface area contributed by atoms with Crippen LogP contribution in [0.5, 0.6) is 0 Å². The summed E-state index contributed by atoms with van der Waals surface area (Å²) < 4.78 is 0. The first-order valence-corrected chi connectivity index (χ1v) is 6.04. The number of ketones is 1. The van der Waals surface area contributed by atoms with Gasteiger partial charge < -0.3 is 5.11 Å². The molecule has 2 fully saturated rings. The van der Waals surface area contributed by atoms with E-state index in [1.165, 1.54) is 0 Å². The Kier molecular flexibility index (Phi) is 2.85. The third kappa shape index (κ3) is 2.24. The predicted octanol–water partition coefficient (Wildman–Crippen LogP) is 3.23. The van der Waals surface area contributed by atoms with Crippen molar-refractivity contribution in [1.82, 2.24) is 0 Å². The van der Waals surface area contributed by atoms with Gasteiger partial charge in [0.05, 0.1) is 0 Å². The van der Waals surface area contributed by atoms with E-state index in [1.54, 1.807) is 0 Å². The highest BCUT2D eigenvalue weighted by atomic mass is 16.3. The summed E-state index contributed by atoms with van der Waals surface area (Å²) in [6.45, 7) is 4.40. The molecule has 0 aromatic heterocycles. The minimum absolute atomic E-state index is 0.191. The summed E-state index contributed by atoms with van der Waals surface area (Å²) >= 11 is 0. The van der Waals surface area contributed by atoms with Crippen LogP contribution in [0.25, 0.3) is 0 Å². The largest absolute Gasteiger partial charge is 0.512 e. The summed E-state index contributed by atoms with van der Waals surface area (Å²) in [4.78, 5) is 11.7. The molecule has 0 bridgehead atoms. The number of carbonyl (C=O) groups excluding carboxylic acids is 1. The van der Waals surface area contributed by atoms with Gasteiger partial charge in [0.25, 0.3) is 0 Å². The molecule has 0 aromatic rings. The smallest absolute Gasteiger partial charge is 0.162 e. The predicted molar refractivity (Wildman–Crippen MR) is 59.6 cm³/mol. The van der Waals surface area contributed by atoms with E-state index in [9.17, 15) is 9.90 Å². The van der Waals surface area contributed by atoms with Crippen molar-refractivity contribution in [2.24, 2.45) is 17.8 Å². The molecule has 2 aliphatic rings. The molecular weight excluding hydrogens is 188 g/mol. The highest BCUT2D eigenvalue weighted by Gasteiger charge is 2.34. The zero-order chi connectivity index (χ0) is 11.0. The normalized spacial score (nSPS) is 30.9. The van der Waals surface area contributed by atoms with E-state index in [1.807, 2.05) is 0 Å². The van der Waals surface area contributed by atoms with Crippen molar-refractivity contribution in [3.63, 3.8) is 0 Å². The molecule has 1 unspecified atom stereocenters. The monoisotopic (exact) mass is 208 g/mol. The number of aliphatic hydroxyl groups excluding tert-OH is 1. The molecule has 2 aliphatic carbocycles. The Balaban J connectivity index is 2.14. The van der Waals surface area contributed by atoms with Gasteiger partial charge in [0, 0.05) is 17.9 Å². The van der Waals surface area contributed by atoms with Crippen LogP contribution in [0.15, 0.2) is 11.3 Å². The van der Waals surface area contributed by atoms with Gasteiger partial charge in [0.1, 0.15) is 5.76 Å². The van der Waals surface area contributed by atoms with Crippen molar-refractivity contribution in [1.29, 1.82) is 0 Å². The van der Waals surface area contributed by atoms with Gasteiger partial charge in [-0.15, -0.1) is 0 Å². The Bertz CT molecular complexity index is 298. The van der Waals surface area contributed by atoms with Crippen molar-refractivity contribution < 1.29 is 9.90 Å². The zero-order valence-electron chi connectivity index (χ0n) is 9.62. The first-order chi connectivity index (χ1) is 7.09. The maximum Gasteiger partial charge on any atom is 0.162 e. The number of hydrogen-bond donors (Lipinski definition) is 1. The third-order valence-electron chi connectivity index (χ3n) is 3.76. The fraction of sp³-hybridized carbons (Fsp3) is 0.769. The Morgan fingerprint density at radius 2 is 2.00 bits per heavy atom. The molecule has 0 aliphatic heterocycles. The van der Waals surface area contributed by atoms with Gasteiger partial charge >= 0.3 is 0 Å². The van der Waals surface area contributed by atoms with E-state index in [2.05, 4.69) is 13.8 Å². The Labute approximate surface area is 91.4 Å². The van der Waals surface area contributed by atoms with Crippen LogP contribution in [0, 0.1) is 17.8 Å². The maximum absolute atomic E-state index is 11.7. The maximum atomic E-state index is 11.7. The number of allylic oxidation sites excluding steroid dienone is 2. The molecule has 15 heavy (non-hydrogen) atoms. The molecule has 2 heteroatoms. The lowest BCUT2D eigenvalue weighted by Gasteiger charge is -2.27. The van der Waals surface area contributed by atoms with Crippen LogP contribution >= 0.6 is 0 Å². The van der Waals surface area contributed by atoms with Gasteiger partial charge in [0.15, 0.2) is 5.78 Å². The first-order valence-electron chi connectivity index (χ1n) is 6.04. The molecule has 1 N–H and O–H groups in total. The molecular formula is C13H20O2. The van der Waals surface area contributed by atoms with Crippen LogP contribution in [-0.2, 0) is 4.79 Å². The Hall–Kier alpha value is -0.790. The lowest BCUT2D eigenvalue weighted by molar-refractivity contribution is -0.117. The highest BCUT2D eigenvalue weighted by molar-refractivity contribution is 5.96. The van der Waals surface area contributed by atoms with Crippen molar-refractivity contribution in [3.05, 3.63) is 11.3 Å². The third-order valence-corrected chi connectivity index (χ3v) is 3.76. The average Bonchev–Trinajstić information content (AvgIpc) is 3.00. The molecule has 2 saturated carbocycles. The summed E-state index contributed by atoms with van der Waals surface area (Å²) in [5.74, 6) is 2.12. The van der Waals surface area contributed by atoms with Crippen LogP contribution in [0.1, 0.15) is 46.0 Å². The Morgan fingerprint density at radius 3 is 2.53 bits per heavy atom. The molecule has 0 amide bonds. The van der Waals surface area contributed by atoms with Crippen molar-refractivity contribution >= 4 is 5.78 Å². The fourth-order valence-electron chi connectivity index (χ4n) is 2.37. The number of aliphatic hydroxyl groups is 1. The van der Waals surface area contributed by atoms with Gasteiger partial charge in [-0.2, -0.15) is 0 Å². The van der Waals surface area contributed by atoms with Gasteiger partial charge in [-0.05, 0) is 37.5 Å². The molecule has 0 heterocycles. The van der Waals surface area contributed by atoms with Crippen LogP contribution < -0.4 is 0 Å². The number of hydrogen-bond acceptors (Lipinski definition) is 2. The van der Waals surface area contributed by atoms with Gasteiger partial charge in [0.2, 0.25) is 0 Å². The second-order valence-electron chi connectivity index (χ2n) is 5.31. The number of carbonyl (C=O) groups is 1. The zero-order valence-corrected chi connectivity index (χ0v) is 9.62. The van der Waals surface area contributed by atoms with Crippen molar-refractivity contribution in [2.75, 3.05) is 0 Å². The SMILES string of the molecule is CC(C)C1CCC(=O)C(=C(O)C2CC2)C1. The van der Waals surface area contributed by atoms with E-state index in [0.717, 1.165) is 31.3 Å². The molecule has 0 radical (unpaired) electrons. The van der Waals surface area contributed by atoms with E-state index in [-0.39, 0.29) is 5.78 Å². The number of rotatable bonds is 2. The minimum atomic E-state index is 0.191. The van der Waals surface area contributed by atoms with Crippen molar-refractivity contribution in [2.45, 2.75) is 46.0 Å². The lowest BCUT2D eigenvalue weighted by Crippen LogP contribution is -2.22. The summed E-state index contributed by atoms with van der Waals surface area (Å²) in [6.07, 6.45) is 4.57. The molecule has 0 saturated heterocycles. The minimum Gasteiger partial charge on any atom is -0.512 e. The Morgan fingerprint density at radius 1 is 1.33 bits per heavy atom. The molecule has 2 rings (SSSR count). The van der Waals surface area contributed by atoms with Gasteiger partial charge in [-0.1, -0.05) is 13.8 Å². The first kappa shape index (κ1) is 10.7. The van der Waals surface area contributed by atoms with E-state index >= 15 is 0 Å². The molecule has 0 aromatic carbocycles. The molecule has 2 nitrogen and oxygen atoms in total. The summed E-state index contributed by atoms with van der Waals surface area (Å²) in [5, 5.41) is 9.94. The van der Waals surface area contributed by atoms with Crippen LogP contribution in [0.2, 0.25) is 0 Å². The fourth-order valence-corrected chi connectivity index (χ4v) is 2.37.